The lowest BCUT2D eigenvalue weighted by Crippen LogP contribution is -2.47. The molecule has 1 atom stereocenters. The van der Waals surface area contributed by atoms with Crippen molar-refractivity contribution < 1.29 is 14.4 Å². The van der Waals surface area contributed by atoms with Gasteiger partial charge in [-0.15, -0.1) is 0 Å². The van der Waals surface area contributed by atoms with Crippen LogP contribution in [0.4, 0.5) is 0 Å². The van der Waals surface area contributed by atoms with E-state index in [-0.39, 0.29) is 12.3 Å². The van der Waals surface area contributed by atoms with E-state index >= 15 is 0 Å². The largest absolute Gasteiger partial charge is 0.346 e. The maximum atomic E-state index is 12.3. The molecule has 0 saturated heterocycles. The van der Waals surface area contributed by atoms with Crippen molar-refractivity contribution >= 4 is 7.60 Å². The molecule has 4 nitrogen and oxygen atoms in total. The fourth-order valence-corrected chi connectivity index (χ4v) is 4.36. The van der Waals surface area contributed by atoms with Gasteiger partial charge in [-0.2, -0.15) is 0 Å². The van der Waals surface area contributed by atoms with Crippen LogP contribution in [0, 0.1) is 5.92 Å². The minimum atomic E-state index is -4.55. The Bertz CT molecular complexity index is 630. The van der Waals surface area contributed by atoms with Gasteiger partial charge in [0.05, 0.1) is 0 Å². The summed E-state index contributed by atoms with van der Waals surface area (Å²) in [5, 5.41) is -1.65. The summed E-state index contributed by atoms with van der Waals surface area (Å²) in [5.74, 6) is -0.518. The van der Waals surface area contributed by atoms with Crippen molar-refractivity contribution in [1.82, 2.24) is 0 Å². The van der Waals surface area contributed by atoms with E-state index in [1.54, 1.807) is 0 Å². The molecule has 2 aromatic carbocycles. The maximum absolute atomic E-state index is 12.3. The van der Waals surface area contributed by atoms with Gasteiger partial charge in [0, 0.05) is 5.92 Å². The third kappa shape index (κ3) is 3.91. The molecule has 0 aromatic heterocycles. The summed E-state index contributed by atoms with van der Waals surface area (Å²) in [7, 11) is -4.55. The lowest BCUT2D eigenvalue weighted by molar-refractivity contribution is 0.286. The van der Waals surface area contributed by atoms with Crippen LogP contribution in [0.2, 0.25) is 0 Å². The fraction of sp³-hybridized carbons (Fsp3) is 0.333. The lowest BCUT2D eigenvalue weighted by Gasteiger charge is -2.39. The molecule has 0 aliphatic carbocycles. The molecule has 124 valence electrons. The second kappa shape index (κ2) is 6.98. The van der Waals surface area contributed by atoms with Gasteiger partial charge < -0.3 is 15.5 Å². The number of hydrogen-bond donors (Lipinski definition) is 3. The standard InChI is InChI=1S/C18H24NO3P/c1-14(2)13-18(19,23(20,21)22)17(15-9-5-3-6-10-15)16-11-7-4-8-12-16/h3-12,14,17H,13,19H2,1-2H3,(H2,20,21,22)/t18-/m1/s1. The zero-order valence-corrected chi connectivity index (χ0v) is 14.4. The molecule has 0 spiro atoms. The van der Waals surface area contributed by atoms with E-state index in [0.717, 1.165) is 11.1 Å². The molecule has 2 aromatic rings. The summed E-state index contributed by atoms with van der Waals surface area (Å²) in [5.41, 5.74) is 8.04. The van der Waals surface area contributed by atoms with Crippen LogP contribution < -0.4 is 5.73 Å². The average Bonchev–Trinajstić information content (AvgIpc) is 2.48. The van der Waals surface area contributed by atoms with Gasteiger partial charge in [-0.1, -0.05) is 74.5 Å². The SMILES string of the molecule is CC(C)C[C@](N)(C(c1ccccc1)c1ccccc1)P(=O)(O)O. The van der Waals surface area contributed by atoms with Crippen LogP contribution in [0.5, 0.6) is 0 Å². The fourth-order valence-electron chi connectivity index (χ4n) is 3.12. The predicted molar refractivity (Wildman–Crippen MR) is 93.1 cm³/mol. The summed E-state index contributed by atoms with van der Waals surface area (Å²) < 4.78 is 12.3. The summed E-state index contributed by atoms with van der Waals surface area (Å²) >= 11 is 0. The van der Waals surface area contributed by atoms with Crippen molar-refractivity contribution in [2.45, 2.75) is 31.5 Å². The van der Waals surface area contributed by atoms with Gasteiger partial charge in [-0.25, -0.2) is 0 Å². The molecule has 4 N–H and O–H groups in total. The highest BCUT2D eigenvalue weighted by Crippen LogP contribution is 2.58. The van der Waals surface area contributed by atoms with E-state index in [0.29, 0.717) is 0 Å². The minimum absolute atomic E-state index is 0.0579. The van der Waals surface area contributed by atoms with E-state index in [4.69, 9.17) is 5.73 Å². The first kappa shape index (κ1) is 17.9. The van der Waals surface area contributed by atoms with Crippen molar-refractivity contribution in [2.75, 3.05) is 0 Å². The van der Waals surface area contributed by atoms with Crippen LogP contribution in [0.3, 0.4) is 0 Å². The van der Waals surface area contributed by atoms with Crippen LogP contribution in [-0.4, -0.2) is 15.1 Å². The molecular weight excluding hydrogens is 309 g/mol. The normalized spacial score (nSPS) is 14.9. The highest BCUT2D eigenvalue weighted by molar-refractivity contribution is 7.53. The molecular formula is C18H24NO3P. The van der Waals surface area contributed by atoms with E-state index < -0.39 is 18.8 Å². The Kier molecular flexibility index (Phi) is 5.43. The Morgan fingerprint density at radius 1 is 0.957 bits per heavy atom. The molecule has 0 amide bonds. The zero-order valence-electron chi connectivity index (χ0n) is 13.5. The van der Waals surface area contributed by atoms with Gasteiger partial charge >= 0.3 is 7.60 Å². The molecule has 0 radical (unpaired) electrons. The third-order valence-corrected chi connectivity index (χ3v) is 5.57. The molecule has 5 heteroatoms. The van der Waals surface area contributed by atoms with Crippen LogP contribution in [0.15, 0.2) is 60.7 Å². The van der Waals surface area contributed by atoms with Crippen LogP contribution >= 0.6 is 7.60 Å². The maximum Gasteiger partial charge on any atom is 0.346 e. The molecule has 0 unspecified atom stereocenters. The number of nitrogens with two attached hydrogens (primary N) is 1. The van der Waals surface area contributed by atoms with Crippen LogP contribution in [0.1, 0.15) is 37.3 Å². The summed E-state index contributed by atoms with van der Waals surface area (Å²) in [6, 6.07) is 18.7. The number of rotatable bonds is 6. The van der Waals surface area contributed by atoms with Crippen molar-refractivity contribution in [3.05, 3.63) is 71.8 Å². The van der Waals surface area contributed by atoms with E-state index in [9.17, 15) is 14.4 Å². The topological polar surface area (TPSA) is 83.6 Å². The van der Waals surface area contributed by atoms with Crippen molar-refractivity contribution in [3.8, 4) is 0 Å². The van der Waals surface area contributed by atoms with Gasteiger partial charge in [0.2, 0.25) is 0 Å². The molecule has 0 fully saturated rings. The minimum Gasteiger partial charge on any atom is -0.323 e. The first-order valence-electron chi connectivity index (χ1n) is 7.70. The Balaban J connectivity index is 2.66. The van der Waals surface area contributed by atoms with Crippen molar-refractivity contribution in [2.24, 2.45) is 11.7 Å². The summed E-state index contributed by atoms with van der Waals surface area (Å²) in [4.78, 5) is 20.1. The lowest BCUT2D eigenvalue weighted by atomic mass is 9.81. The monoisotopic (exact) mass is 333 g/mol. The molecule has 0 heterocycles. The molecule has 0 aliphatic heterocycles. The Hall–Kier alpha value is -1.45. The van der Waals surface area contributed by atoms with Crippen molar-refractivity contribution in [1.29, 1.82) is 0 Å². The summed E-state index contributed by atoms with van der Waals surface area (Å²) in [6.07, 6.45) is 0.228. The zero-order chi connectivity index (χ0) is 17.1. The first-order chi connectivity index (χ1) is 10.8. The van der Waals surface area contributed by atoms with Gasteiger partial charge in [0.15, 0.2) is 0 Å². The molecule has 0 bridgehead atoms. The Labute approximate surface area is 137 Å². The first-order valence-corrected chi connectivity index (χ1v) is 9.31. The second-order valence-corrected chi connectivity index (χ2v) is 8.31. The molecule has 0 saturated carbocycles. The van der Waals surface area contributed by atoms with Gasteiger partial charge in [0.1, 0.15) is 5.28 Å². The second-order valence-electron chi connectivity index (χ2n) is 6.39. The average molecular weight is 333 g/mol. The van der Waals surface area contributed by atoms with Crippen LogP contribution in [-0.2, 0) is 4.57 Å². The predicted octanol–water partition coefficient (Wildman–Crippen LogP) is 3.70. The van der Waals surface area contributed by atoms with Crippen LogP contribution in [0.25, 0.3) is 0 Å². The van der Waals surface area contributed by atoms with Gasteiger partial charge in [-0.05, 0) is 23.5 Å². The van der Waals surface area contributed by atoms with Gasteiger partial charge in [-0.3, -0.25) is 4.57 Å². The smallest absolute Gasteiger partial charge is 0.323 e. The summed E-state index contributed by atoms with van der Waals surface area (Å²) in [6.45, 7) is 3.84. The Morgan fingerprint density at radius 2 is 1.35 bits per heavy atom. The molecule has 0 aliphatic rings. The quantitative estimate of drug-likeness (QED) is 0.704. The molecule has 2 rings (SSSR count). The van der Waals surface area contributed by atoms with E-state index in [1.807, 2.05) is 74.5 Å². The highest BCUT2D eigenvalue weighted by atomic mass is 31.2. The van der Waals surface area contributed by atoms with Gasteiger partial charge in [0.25, 0.3) is 0 Å². The third-order valence-electron chi connectivity index (χ3n) is 4.04. The van der Waals surface area contributed by atoms with E-state index in [1.165, 1.54) is 0 Å². The Morgan fingerprint density at radius 3 is 1.65 bits per heavy atom. The van der Waals surface area contributed by atoms with Crippen molar-refractivity contribution in [3.63, 3.8) is 0 Å². The number of benzene rings is 2. The molecule has 23 heavy (non-hydrogen) atoms. The highest BCUT2D eigenvalue weighted by Gasteiger charge is 2.50. The number of hydrogen-bond acceptors (Lipinski definition) is 2. The van der Waals surface area contributed by atoms with E-state index in [2.05, 4.69) is 0 Å².